The third kappa shape index (κ3) is 5.22. The van der Waals surface area contributed by atoms with Crippen LogP contribution in [0.25, 0.3) is 0 Å². The fourth-order valence-electron chi connectivity index (χ4n) is 2.94. The molecule has 6 nitrogen and oxygen atoms in total. The van der Waals surface area contributed by atoms with Crippen LogP contribution in [0.5, 0.6) is 5.75 Å². The van der Waals surface area contributed by atoms with Crippen molar-refractivity contribution in [3.8, 4) is 5.75 Å². The molecule has 0 bridgehead atoms. The zero-order valence-corrected chi connectivity index (χ0v) is 16.2. The van der Waals surface area contributed by atoms with Crippen LogP contribution in [0.15, 0.2) is 59.5 Å². The van der Waals surface area contributed by atoms with E-state index in [9.17, 15) is 13.2 Å². The van der Waals surface area contributed by atoms with Gasteiger partial charge in [-0.1, -0.05) is 41.9 Å². The monoisotopic (exact) mass is 408 g/mol. The highest BCUT2D eigenvalue weighted by atomic mass is 35.5. The Kier molecular flexibility index (Phi) is 6.36. The van der Waals surface area contributed by atoms with Crippen LogP contribution in [0.2, 0.25) is 5.02 Å². The van der Waals surface area contributed by atoms with E-state index in [2.05, 4.69) is 4.72 Å². The van der Waals surface area contributed by atoms with Gasteiger partial charge in [0, 0.05) is 19.6 Å². The number of para-hydroxylation sites is 1. The summed E-state index contributed by atoms with van der Waals surface area (Å²) < 4.78 is 32.7. The summed E-state index contributed by atoms with van der Waals surface area (Å²) in [6.07, 6.45) is 1.03. The highest BCUT2D eigenvalue weighted by Gasteiger charge is 2.26. The second-order valence-corrected chi connectivity index (χ2v) is 8.54. The number of hydrogen-bond acceptors (Lipinski definition) is 4. The van der Waals surface area contributed by atoms with Crippen LogP contribution in [0.1, 0.15) is 12.8 Å². The summed E-state index contributed by atoms with van der Waals surface area (Å²) in [5.41, 5.74) is 0. The third-order valence-corrected chi connectivity index (χ3v) is 6.43. The Morgan fingerprint density at radius 3 is 2.37 bits per heavy atom. The lowest BCUT2D eigenvalue weighted by molar-refractivity contribution is 0.131. The number of benzene rings is 2. The number of ether oxygens (including phenoxy) is 1. The fourth-order valence-corrected chi connectivity index (χ4v) is 4.58. The number of carbonyl (C=O) groups excluding carboxylic acids is 1. The van der Waals surface area contributed by atoms with Gasteiger partial charge in [-0.05, 0) is 43.0 Å². The first-order valence-corrected chi connectivity index (χ1v) is 10.6. The molecule has 0 aliphatic carbocycles. The number of piperidine rings is 1. The maximum atomic E-state index is 12.4. The summed E-state index contributed by atoms with van der Waals surface area (Å²) >= 11 is 5.97. The number of amides is 1. The van der Waals surface area contributed by atoms with E-state index < -0.39 is 10.0 Å². The van der Waals surface area contributed by atoms with E-state index in [0.29, 0.717) is 38.2 Å². The minimum atomic E-state index is -3.65. The van der Waals surface area contributed by atoms with Crippen molar-refractivity contribution in [2.45, 2.75) is 17.7 Å². The largest absolute Gasteiger partial charge is 0.415 e. The van der Waals surface area contributed by atoms with Crippen LogP contribution < -0.4 is 9.46 Å². The van der Waals surface area contributed by atoms with Crippen molar-refractivity contribution in [3.05, 3.63) is 59.6 Å². The van der Waals surface area contributed by atoms with Gasteiger partial charge in [-0.3, -0.25) is 0 Å². The van der Waals surface area contributed by atoms with E-state index in [0.717, 1.165) is 0 Å². The van der Waals surface area contributed by atoms with Gasteiger partial charge in [-0.25, -0.2) is 17.9 Å². The molecular weight excluding hydrogens is 388 g/mol. The van der Waals surface area contributed by atoms with Gasteiger partial charge >= 0.3 is 6.09 Å². The summed E-state index contributed by atoms with van der Waals surface area (Å²) in [6.45, 7) is 1.38. The van der Waals surface area contributed by atoms with Crippen molar-refractivity contribution in [1.82, 2.24) is 9.62 Å². The van der Waals surface area contributed by atoms with Crippen molar-refractivity contribution in [1.29, 1.82) is 0 Å². The highest BCUT2D eigenvalue weighted by Crippen LogP contribution is 2.22. The first-order valence-electron chi connectivity index (χ1n) is 8.72. The van der Waals surface area contributed by atoms with Gasteiger partial charge in [0.25, 0.3) is 0 Å². The minimum Gasteiger partial charge on any atom is -0.410 e. The molecule has 0 saturated carbocycles. The summed E-state index contributed by atoms with van der Waals surface area (Å²) in [5.74, 6) is 0.667. The van der Waals surface area contributed by atoms with E-state index in [4.69, 9.17) is 16.3 Å². The third-order valence-electron chi connectivity index (χ3n) is 4.51. The van der Waals surface area contributed by atoms with Gasteiger partial charge in [0.2, 0.25) is 10.0 Å². The minimum absolute atomic E-state index is 0.0792. The molecule has 1 fully saturated rings. The van der Waals surface area contributed by atoms with Crippen LogP contribution in [0.4, 0.5) is 4.79 Å². The van der Waals surface area contributed by atoms with E-state index in [-0.39, 0.29) is 21.9 Å². The molecule has 1 amide bonds. The standard InChI is InChI=1S/C19H21ClN2O4S/c20-17-8-4-5-9-18(17)27(24,25)21-14-15-10-12-22(13-11-15)19(23)26-16-6-2-1-3-7-16/h1-9,15,21H,10-14H2. The molecule has 0 aromatic heterocycles. The van der Waals surface area contributed by atoms with Crippen molar-refractivity contribution in [3.63, 3.8) is 0 Å². The molecule has 1 aliphatic rings. The molecule has 1 saturated heterocycles. The second kappa shape index (κ2) is 8.73. The molecule has 0 spiro atoms. The van der Waals surface area contributed by atoms with E-state index >= 15 is 0 Å². The fraction of sp³-hybridized carbons (Fsp3) is 0.316. The Bertz CT molecular complexity index is 882. The zero-order chi connectivity index (χ0) is 19.3. The molecule has 2 aromatic rings. The molecule has 0 atom stereocenters. The summed E-state index contributed by atoms with van der Waals surface area (Å²) in [4.78, 5) is 13.9. The first-order chi connectivity index (χ1) is 13.0. The number of rotatable bonds is 5. The van der Waals surface area contributed by atoms with Gasteiger partial charge in [0.1, 0.15) is 10.6 Å². The van der Waals surface area contributed by atoms with Crippen molar-refractivity contribution in [2.24, 2.45) is 5.92 Å². The van der Waals surface area contributed by atoms with Crippen LogP contribution in [-0.4, -0.2) is 39.0 Å². The number of carbonyl (C=O) groups is 1. The number of nitrogens with zero attached hydrogens (tertiary/aromatic N) is 1. The topological polar surface area (TPSA) is 75.7 Å². The average molecular weight is 409 g/mol. The highest BCUT2D eigenvalue weighted by molar-refractivity contribution is 7.89. The molecule has 1 N–H and O–H groups in total. The van der Waals surface area contributed by atoms with E-state index in [1.54, 1.807) is 47.4 Å². The normalized spacial score (nSPS) is 15.5. The summed E-state index contributed by atoms with van der Waals surface area (Å²) in [5, 5.41) is 0.198. The Hall–Kier alpha value is -2.09. The van der Waals surface area contributed by atoms with Crippen molar-refractivity contribution >= 4 is 27.7 Å². The smallest absolute Gasteiger partial charge is 0.410 e. The van der Waals surface area contributed by atoms with E-state index in [1.165, 1.54) is 6.07 Å². The van der Waals surface area contributed by atoms with Crippen LogP contribution in [0.3, 0.4) is 0 Å². The Morgan fingerprint density at radius 1 is 1.07 bits per heavy atom. The number of halogens is 1. The Balaban J connectivity index is 1.48. The van der Waals surface area contributed by atoms with Gasteiger partial charge < -0.3 is 9.64 Å². The number of likely N-dealkylation sites (tertiary alicyclic amines) is 1. The molecule has 27 heavy (non-hydrogen) atoms. The molecule has 1 heterocycles. The first kappa shape index (κ1) is 19.7. The van der Waals surface area contributed by atoms with E-state index in [1.807, 2.05) is 6.07 Å². The lowest BCUT2D eigenvalue weighted by Crippen LogP contribution is -2.42. The predicted molar refractivity (Wildman–Crippen MR) is 103 cm³/mol. The predicted octanol–water partition coefficient (Wildman–Crippen LogP) is 3.53. The maximum Gasteiger partial charge on any atom is 0.415 e. The maximum absolute atomic E-state index is 12.4. The molecule has 0 radical (unpaired) electrons. The lowest BCUT2D eigenvalue weighted by Gasteiger charge is -2.31. The SMILES string of the molecule is O=C(Oc1ccccc1)N1CCC(CNS(=O)(=O)c2ccccc2Cl)CC1. The zero-order valence-electron chi connectivity index (χ0n) is 14.7. The molecule has 1 aliphatic heterocycles. The molecule has 2 aromatic carbocycles. The lowest BCUT2D eigenvalue weighted by atomic mass is 9.97. The molecule has 144 valence electrons. The number of nitrogens with one attached hydrogen (secondary N) is 1. The van der Waals surface area contributed by atoms with Crippen molar-refractivity contribution in [2.75, 3.05) is 19.6 Å². The number of hydrogen-bond donors (Lipinski definition) is 1. The molecule has 8 heteroatoms. The Morgan fingerprint density at radius 2 is 1.70 bits per heavy atom. The van der Waals surface area contributed by atoms with Gasteiger partial charge in [-0.2, -0.15) is 0 Å². The van der Waals surface area contributed by atoms with Crippen LogP contribution >= 0.6 is 11.6 Å². The average Bonchev–Trinajstić information content (AvgIpc) is 2.68. The quantitative estimate of drug-likeness (QED) is 0.821. The molecule has 3 rings (SSSR count). The summed E-state index contributed by atoms with van der Waals surface area (Å²) in [6, 6.07) is 15.3. The van der Waals surface area contributed by atoms with Crippen LogP contribution in [-0.2, 0) is 10.0 Å². The molecule has 0 unspecified atom stereocenters. The molecular formula is C19H21ClN2O4S. The van der Waals surface area contributed by atoms with Gasteiger partial charge in [0.15, 0.2) is 0 Å². The number of sulfonamides is 1. The van der Waals surface area contributed by atoms with Crippen molar-refractivity contribution < 1.29 is 17.9 Å². The Labute approximate surface area is 164 Å². The van der Waals surface area contributed by atoms with Gasteiger partial charge in [-0.15, -0.1) is 0 Å². The summed E-state index contributed by atoms with van der Waals surface area (Å²) in [7, 11) is -3.65. The van der Waals surface area contributed by atoms with Gasteiger partial charge in [0.05, 0.1) is 5.02 Å². The van der Waals surface area contributed by atoms with Crippen LogP contribution in [0, 0.1) is 5.92 Å². The second-order valence-electron chi connectivity index (χ2n) is 6.39.